The SMILES string of the molecule is CCCCCCCCCCOc1ccc2coc(C3NC(=O)C4=C3C(=O)NC4c3occ4ccc(OCCCCCCCCCC)cc34)c2c1. The minimum Gasteiger partial charge on any atom is -0.494 e. The van der Waals surface area contributed by atoms with Crippen molar-refractivity contribution in [1.29, 1.82) is 0 Å². The highest BCUT2D eigenvalue weighted by molar-refractivity contribution is 6.14. The lowest BCUT2D eigenvalue weighted by Gasteiger charge is -2.15. The summed E-state index contributed by atoms with van der Waals surface area (Å²) in [6.45, 7) is 5.79. The van der Waals surface area contributed by atoms with Crippen molar-refractivity contribution in [3.63, 3.8) is 0 Å². The molecule has 0 saturated carbocycles. The molecule has 50 heavy (non-hydrogen) atoms. The van der Waals surface area contributed by atoms with E-state index in [0.717, 1.165) is 58.7 Å². The highest BCUT2D eigenvalue weighted by Gasteiger charge is 2.49. The van der Waals surface area contributed by atoms with Crippen molar-refractivity contribution < 1.29 is 27.9 Å². The molecule has 0 spiro atoms. The Bertz CT molecular complexity index is 1640. The van der Waals surface area contributed by atoms with Crippen LogP contribution in [0, 0.1) is 0 Å². The van der Waals surface area contributed by atoms with E-state index < -0.39 is 12.1 Å². The van der Waals surface area contributed by atoms with Crippen LogP contribution in [0.3, 0.4) is 0 Å². The fourth-order valence-electron chi connectivity index (χ4n) is 7.34. The van der Waals surface area contributed by atoms with Crippen molar-refractivity contribution in [2.45, 2.75) is 129 Å². The van der Waals surface area contributed by atoms with Gasteiger partial charge in [-0.1, -0.05) is 104 Å². The predicted octanol–water partition coefficient (Wildman–Crippen LogP) is 10.6. The molecule has 268 valence electrons. The number of carbonyl (C=O) groups is 2. The molecule has 2 amide bonds. The number of benzene rings is 2. The van der Waals surface area contributed by atoms with E-state index in [1.54, 1.807) is 12.5 Å². The molecular formula is C42H54N2O6. The molecule has 2 atom stereocenters. The molecule has 8 heteroatoms. The van der Waals surface area contributed by atoms with Gasteiger partial charge in [-0.15, -0.1) is 0 Å². The second kappa shape index (κ2) is 17.6. The van der Waals surface area contributed by atoms with Crippen LogP contribution in [-0.2, 0) is 9.59 Å². The lowest BCUT2D eigenvalue weighted by Crippen LogP contribution is -2.33. The maximum Gasteiger partial charge on any atom is 0.251 e. The Kier molecular flexibility index (Phi) is 12.6. The van der Waals surface area contributed by atoms with Gasteiger partial charge in [0.15, 0.2) is 0 Å². The largest absolute Gasteiger partial charge is 0.494 e. The van der Waals surface area contributed by atoms with Crippen LogP contribution in [0.1, 0.15) is 140 Å². The van der Waals surface area contributed by atoms with Gasteiger partial charge in [0.2, 0.25) is 0 Å². The zero-order valence-corrected chi connectivity index (χ0v) is 30.0. The summed E-state index contributed by atoms with van der Waals surface area (Å²) in [5, 5.41) is 9.44. The molecule has 2 aliphatic rings. The van der Waals surface area contributed by atoms with Crippen molar-refractivity contribution in [2.24, 2.45) is 0 Å². The van der Waals surface area contributed by atoms with E-state index in [1.165, 1.54) is 77.0 Å². The summed E-state index contributed by atoms with van der Waals surface area (Å²) in [5.74, 6) is 1.91. The first-order valence-electron chi connectivity index (χ1n) is 19.2. The number of hydrogen-bond donors (Lipinski definition) is 2. The van der Waals surface area contributed by atoms with Gasteiger partial charge >= 0.3 is 0 Å². The number of furan rings is 2. The molecule has 0 radical (unpaired) electrons. The molecule has 0 fully saturated rings. The average Bonchev–Trinajstić information content (AvgIpc) is 3.90. The molecule has 2 aromatic heterocycles. The van der Waals surface area contributed by atoms with E-state index in [2.05, 4.69) is 24.5 Å². The molecule has 2 unspecified atom stereocenters. The minimum absolute atomic E-state index is 0.313. The Balaban J connectivity index is 1.10. The molecule has 2 aromatic carbocycles. The zero-order chi connectivity index (χ0) is 34.7. The fourth-order valence-corrected chi connectivity index (χ4v) is 7.34. The van der Waals surface area contributed by atoms with Crippen LogP contribution in [0.15, 0.2) is 68.9 Å². The number of fused-ring (bicyclic) bond motifs is 2. The van der Waals surface area contributed by atoms with Crippen LogP contribution >= 0.6 is 0 Å². The van der Waals surface area contributed by atoms with Crippen LogP contribution in [-0.4, -0.2) is 25.0 Å². The quantitative estimate of drug-likeness (QED) is 0.0800. The Morgan fingerprint density at radius 1 is 0.540 bits per heavy atom. The molecule has 0 aliphatic carbocycles. The minimum atomic E-state index is -0.713. The Morgan fingerprint density at radius 3 is 1.32 bits per heavy atom. The Hall–Kier alpha value is -4.20. The van der Waals surface area contributed by atoms with Gasteiger partial charge < -0.3 is 28.9 Å². The smallest absolute Gasteiger partial charge is 0.251 e. The van der Waals surface area contributed by atoms with Crippen molar-refractivity contribution in [1.82, 2.24) is 10.6 Å². The standard InChI is InChI=1S/C42H54N2O6/c1-3-5-7-9-11-13-15-17-23-47-31-21-19-29-27-49-39(33(29)25-31)37-35-36(42(46)43-37)38(44-41(35)45)40-34-26-32(22-20-30(34)28-50-40)48-24-18-16-14-12-10-8-6-4-2/h19-22,25-28,37-38H,3-18,23-24H2,1-2H3,(H,43,46)(H,44,45). The third-order valence-electron chi connectivity index (χ3n) is 10.2. The molecule has 0 saturated heterocycles. The summed E-state index contributed by atoms with van der Waals surface area (Å²) in [6, 6.07) is 10.3. The number of nitrogens with one attached hydrogen (secondary N) is 2. The van der Waals surface area contributed by atoms with Crippen molar-refractivity contribution in [2.75, 3.05) is 13.2 Å². The van der Waals surface area contributed by atoms with E-state index in [9.17, 15) is 9.59 Å². The molecule has 4 aromatic rings. The maximum absolute atomic E-state index is 13.5. The molecule has 0 bridgehead atoms. The van der Waals surface area contributed by atoms with E-state index in [1.807, 2.05) is 36.4 Å². The van der Waals surface area contributed by atoms with E-state index in [4.69, 9.17) is 18.3 Å². The van der Waals surface area contributed by atoms with Gasteiger partial charge in [0.1, 0.15) is 35.1 Å². The highest BCUT2D eigenvalue weighted by atomic mass is 16.5. The van der Waals surface area contributed by atoms with Crippen LogP contribution in [0.2, 0.25) is 0 Å². The zero-order valence-electron chi connectivity index (χ0n) is 30.0. The molecule has 8 nitrogen and oxygen atoms in total. The van der Waals surface area contributed by atoms with Crippen LogP contribution in [0.25, 0.3) is 21.5 Å². The second-order valence-electron chi connectivity index (χ2n) is 14.0. The van der Waals surface area contributed by atoms with Crippen molar-refractivity contribution in [3.8, 4) is 11.5 Å². The number of rotatable bonds is 22. The summed E-state index contributed by atoms with van der Waals surface area (Å²) in [5.41, 5.74) is 0.737. The Morgan fingerprint density at radius 2 is 0.920 bits per heavy atom. The van der Waals surface area contributed by atoms with E-state index in [0.29, 0.717) is 35.9 Å². The van der Waals surface area contributed by atoms with Crippen LogP contribution < -0.4 is 20.1 Å². The van der Waals surface area contributed by atoms with Gasteiger partial charge in [-0.05, 0) is 49.2 Å². The number of unbranched alkanes of at least 4 members (excludes halogenated alkanes) is 14. The predicted molar refractivity (Wildman–Crippen MR) is 197 cm³/mol. The molecule has 6 rings (SSSR count). The first-order chi connectivity index (χ1) is 24.6. The maximum atomic E-state index is 13.5. The Labute approximate surface area is 296 Å². The fraction of sp³-hybridized carbons (Fsp3) is 0.524. The van der Waals surface area contributed by atoms with Gasteiger partial charge in [-0.25, -0.2) is 0 Å². The van der Waals surface area contributed by atoms with Crippen LogP contribution in [0.5, 0.6) is 11.5 Å². The summed E-state index contributed by atoms with van der Waals surface area (Å²) in [6.07, 6.45) is 23.2. The normalized spacial score (nSPS) is 17.2. The molecular weight excluding hydrogens is 628 g/mol. The summed E-state index contributed by atoms with van der Waals surface area (Å²) in [4.78, 5) is 27.1. The first-order valence-corrected chi connectivity index (χ1v) is 19.2. The van der Waals surface area contributed by atoms with Crippen molar-refractivity contribution >= 4 is 33.4 Å². The lowest BCUT2D eigenvalue weighted by molar-refractivity contribution is -0.118. The number of carbonyl (C=O) groups excluding carboxylic acids is 2. The summed E-state index contributed by atoms with van der Waals surface area (Å²) < 4.78 is 24.3. The summed E-state index contributed by atoms with van der Waals surface area (Å²) >= 11 is 0. The number of hydrogen-bond acceptors (Lipinski definition) is 6. The summed E-state index contributed by atoms with van der Waals surface area (Å²) in [7, 11) is 0. The van der Waals surface area contributed by atoms with Crippen LogP contribution in [0.4, 0.5) is 0 Å². The third-order valence-corrected chi connectivity index (χ3v) is 10.2. The lowest BCUT2D eigenvalue weighted by atomic mass is 9.98. The average molecular weight is 683 g/mol. The molecule has 4 heterocycles. The van der Waals surface area contributed by atoms with E-state index >= 15 is 0 Å². The van der Waals surface area contributed by atoms with Gasteiger partial charge in [0, 0.05) is 21.5 Å². The molecule has 2 N–H and O–H groups in total. The molecule has 2 aliphatic heterocycles. The van der Waals surface area contributed by atoms with Gasteiger partial charge in [0.05, 0.1) is 36.9 Å². The first kappa shape index (κ1) is 35.6. The second-order valence-corrected chi connectivity index (χ2v) is 14.0. The topological polar surface area (TPSA) is 103 Å². The highest BCUT2D eigenvalue weighted by Crippen LogP contribution is 2.45. The third kappa shape index (κ3) is 8.39. The van der Waals surface area contributed by atoms with Gasteiger partial charge in [-0.2, -0.15) is 0 Å². The number of amides is 2. The monoisotopic (exact) mass is 682 g/mol. The van der Waals surface area contributed by atoms with Crippen molar-refractivity contribution in [3.05, 3.63) is 71.6 Å². The van der Waals surface area contributed by atoms with Gasteiger partial charge in [0.25, 0.3) is 11.8 Å². The van der Waals surface area contributed by atoms with E-state index in [-0.39, 0.29) is 11.8 Å². The number of ether oxygens (including phenoxy) is 2. The van der Waals surface area contributed by atoms with Gasteiger partial charge in [-0.3, -0.25) is 9.59 Å².